The Balaban J connectivity index is 1.21. The molecule has 0 amide bonds. The lowest BCUT2D eigenvalue weighted by molar-refractivity contribution is -0.138. The Hall–Kier alpha value is -3.39. The molecule has 2 aromatic carbocycles. The minimum absolute atomic E-state index is 0.0140. The maximum atomic E-state index is 15.1. The van der Waals surface area contributed by atoms with Gasteiger partial charge in [-0.3, -0.25) is 9.79 Å². The zero-order valence-electron chi connectivity index (χ0n) is 23.2. The molecule has 1 aliphatic heterocycles. The molecular formula is C33H37FN2O4S. The van der Waals surface area contributed by atoms with Crippen LogP contribution in [0.25, 0.3) is 11.1 Å². The van der Waals surface area contributed by atoms with Gasteiger partial charge in [-0.05, 0) is 79.2 Å². The van der Waals surface area contributed by atoms with E-state index in [1.807, 2.05) is 30.4 Å². The van der Waals surface area contributed by atoms with Crippen molar-refractivity contribution in [3.8, 4) is 11.1 Å². The molecule has 1 saturated carbocycles. The number of hydrogen-bond donors (Lipinski definition) is 2. The maximum Gasteiger partial charge on any atom is 0.303 e. The highest BCUT2D eigenvalue weighted by molar-refractivity contribution is 7.91. The number of nitrogens with zero attached hydrogens (tertiary/aromatic N) is 1. The molecule has 0 aromatic heterocycles. The van der Waals surface area contributed by atoms with Crippen LogP contribution in [0.5, 0.6) is 0 Å². The molecule has 1 unspecified atom stereocenters. The predicted octanol–water partition coefficient (Wildman–Crippen LogP) is 6.91. The SMILES string of the molecule is N=C1CC(=NCc2ccc(-c3ccc(C4CCC(CC(=O)O)CC4)cc3)cc2F)C=CC(C2=CCS(=O)(=O)CC2)C1. The van der Waals surface area contributed by atoms with Crippen molar-refractivity contribution in [3.63, 3.8) is 0 Å². The molecule has 5 rings (SSSR count). The lowest BCUT2D eigenvalue weighted by Gasteiger charge is -2.28. The second-order valence-electron chi connectivity index (χ2n) is 11.6. The van der Waals surface area contributed by atoms with Crippen LogP contribution in [-0.4, -0.2) is 42.4 Å². The van der Waals surface area contributed by atoms with Gasteiger partial charge in [0.15, 0.2) is 9.84 Å². The zero-order valence-corrected chi connectivity index (χ0v) is 24.0. The number of halogens is 1. The molecule has 3 aliphatic rings. The largest absolute Gasteiger partial charge is 0.481 e. The number of carboxylic acid groups (broad SMARTS) is 1. The van der Waals surface area contributed by atoms with Crippen molar-refractivity contribution >= 4 is 27.2 Å². The van der Waals surface area contributed by atoms with E-state index in [0.29, 0.717) is 36.5 Å². The number of nitrogens with one attached hydrogen (secondary N) is 1. The van der Waals surface area contributed by atoms with Gasteiger partial charge in [-0.15, -0.1) is 0 Å². The fourth-order valence-corrected chi connectivity index (χ4v) is 7.42. The first-order chi connectivity index (χ1) is 19.6. The van der Waals surface area contributed by atoms with E-state index < -0.39 is 15.8 Å². The average molecular weight is 577 g/mol. The quantitative estimate of drug-likeness (QED) is 0.349. The highest BCUT2D eigenvalue weighted by Crippen LogP contribution is 2.37. The van der Waals surface area contributed by atoms with Gasteiger partial charge in [0.25, 0.3) is 0 Å². The lowest BCUT2D eigenvalue weighted by atomic mass is 9.77. The molecule has 0 spiro atoms. The fourth-order valence-electron chi connectivity index (χ4n) is 6.24. The Labute approximate surface area is 241 Å². The monoisotopic (exact) mass is 576 g/mol. The Morgan fingerprint density at radius 2 is 1.78 bits per heavy atom. The smallest absolute Gasteiger partial charge is 0.303 e. The van der Waals surface area contributed by atoms with Crippen molar-refractivity contribution in [2.24, 2.45) is 16.8 Å². The van der Waals surface area contributed by atoms with E-state index in [1.165, 1.54) is 5.56 Å². The molecule has 2 aromatic rings. The molecule has 2 N–H and O–H groups in total. The Morgan fingerprint density at radius 1 is 1.05 bits per heavy atom. The summed E-state index contributed by atoms with van der Waals surface area (Å²) < 4.78 is 38.6. The highest BCUT2D eigenvalue weighted by Gasteiger charge is 2.25. The van der Waals surface area contributed by atoms with Gasteiger partial charge in [-0.1, -0.05) is 54.1 Å². The standard InChI is InChI=1S/C33H37FN2O4S/c34-32-19-28(25-7-5-24(6-8-25)23-3-1-22(2-4-23)17-33(37)38)9-10-29(32)21-36-31-12-11-27(18-30(35)20-31)26-13-15-41(39,40)16-14-26/h5-13,19,22-23,27,35H,1-4,14-18,20-21H2,(H,37,38). The number of sulfone groups is 1. The van der Waals surface area contributed by atoms with Gasteiger partial charge in [-0.2, -0.15) is 0 Å². The van der Waals surface area contributed by atoms with Crippen LogP contribution in [0.15, 0.2) is 71.3 Å². The molecule has 0 saturated heterocycles. The van der Waals surface area contributed by atoms with Crippen LogP contribution in [0, 0.1) is 23.1 Å². The van der Waals surface area contributed by atoms with Crippen LogP contribution in [0.2, 0.25) is 0 Å². The van der Waals surface area contributed by atoms with Gasteiger partial charge >= 0.3 is 5.97 Å². The van der Waals surface area contributed by atoms with Crippen molar-refractivity contribution in [3.05, 3.63) is 83.2 Å². The third-order valence-corrected chi connectivity index (χ3v) is 10.2. The van der Waals surface area contributed by atoms with Crippen molar-refractivity contribution in [1.82, 2.24) is 0 Å². The third-order valence-electron chi connectivity index (χ3n) is 8.69. The predicted molar refractivity (Wildman–Crippen MR) is 161 cm³/mol. The zero-order chi connectivity index (χ0) is 29.0. The van der Waals surface area contributed by atoms with E-state index in [2.05, 4.69) is 17.1 Å². The topological polar surface area (TPSA) is 108 Å². The number of allylic oxidation sites excluding steroid dienone is 3. The average Bonchev–Trinajstić information content (AvgIpc) is 3.13. The molecule has 2 aliphatic carbocycles. The number of carbonyl (C=O) groups is 1. The van der Waals surface area contributed by atoms with Crippen LogP contribution in [0.3, 0.4) is 0 Å². The molecule has 6 nitrogen and oxygen atoms in total. The minimum atomic E-state index is -2.99. The summed E-state index contributed by atoms with van der Waals surface area (Å²) in [6, 6.07) is 13.5. The number of benzene rings is 2. The lowest BCUT2D eigenvalue weighted by Crippen LogP contribution is -2.19. The van der Waals surface area contributed by atoms with Gasteiger partial charge < -0.3 is 10.5 Å². The number of rotatable bonds is 7. The first-order valence-corrected chi connectivity index (χ1v) is 16.2. The molecule has 1 heterocycles. The van der Waals surface area contributed by atoms with Crippen LogP contribution in [-0.2, 0) is 21.2 Å². The molecule has 0 bridgehead atoms. The van der Waals surface area contributed by atoms with E-state index >= 15 is 4.39 Å². The molecule has 216 valence electrons. The molecule has 41 heavy (non-hydrogen) atoms. The summed E-state index contributed by atoms with van der Waals surface area (Å²) >= 11 is 0. The van der Waals surface area contributed by atoms with E-state index in [0.717, 1.165) is 48.1 Å². The summed E-state index contributed by atoms with van der Waals surface area (Å²) in [5.74, 6) is -0.0658. The summed E-state index contributed by atoms with van der Waals surface area (Å²) in [6.45, 7) is 0.189. The fraction of sp³-hybridized carbons (Fsp3) is 0.424. The van der Waals surface area contributed by atoms with Crippen molar-refractivity contribution < 1.29 is 22.7 Å². The van der Waals surface area contributed by atoms with Gasteiger partial charge in [0.05, 0.1) is 18.1 Å². The van der Waals surface area contributed by atoms with E-state index in [4.69, 9.17) is 10.5 Å². The summed E-state index contributed by atoms with van der Waals surface area (Å²) in [7, 11) is -2.99. The molecule has 1 atom stereocenters. The van der Waals surface area contributed by atoms with Gasteiger partial charge in [-0.25, -0.2) is 12.8 Å². The van der Waals surface area contributed by atoms with Crippen molar-refractivity contribution in [2.75, 3.05) is 11.5 Å². The summed E-state index contributed by atoms with van der Waals surface area (Å²) in [5, 5.41) is 17.4. The number of aliphatic imine (C=N–C) groups is 1. The van der Waals surface area contributed by atoms with E-state index in [-0.39, 0.29) is 42.1 Å². The molecule has 1 fully saturated rings. The van der Waals surface area contributed by atoms with Crippen molar-refractivity contribution in [1.29, 1.82) is 5.41 Å². The van der Waals surface area contributed by atoms with Crippen LogP contribution >= 0.6 is 0 Å². The number of hydrogen-bond acceptors (Lipinski definition) is 5. The first-order valence-electron chi connectivity index (χ1n) is 14.4. The Kier molecular flexibility index (Phi) is 8.97. The normalized spacial score (nSPS) is 25.5. The van der Waals surface area contributed by atoms with Crippen LogP contribution in [0.1, 0.15) is 68.4 Å². The highest BCUT2D eigenvalue weighted by atomic mass is 32.2. The second-order valence-corrected chi connectivity index (χ2v) is 13.9. The summed E-state index contributed by atoms with van der Waals surface area (Å²) in [5.41, 5.74) is 5.85. The molecule has 8 heteroatoms. The minimum Gasteiger partial charge on any atom is -0.481 e. The van der Waals surface area contributed by atoms with Crippen LogP contribution in [0.4, 0.5) is 4.39 Å². The number of carboxylic acids is 1. The van der Waals surface area contributed by atoms with E-state index in [9.17, 15) is 13.2 Å². The first kappa shape index (κ1) is 29.1. The number of aliphatic carboxylic acids is 1. The Morgan fingerprint density at radius 3 is 2.44 bits per heavy atom. The van der Waals surface area contributed by atoms with Crippen molar-refractivity contribution in [2.45, 2.75) is 63.8 Å². The van der Waals surface area contributed by atoms with Gasteiger partial charge in [0, 0.05) is 35.7 Å². The summed E-state index contributed by atoms with van der Waals surface area (Å²) in [4.78, 5) is 15.6. The molecular weight excluding hydrogens is 539 g/mol. The van der Waals surface area contributed by atoms with Gasteiger partial charge in [0.2, 0.25) is 0 Å². The third kappa shape index (κ3) is 7.67. The second kappa shape index (κ2) is 12.6. The van der Waals surface area contributed by atoms with Gasteiger partial charge in [0.1, 0.15) is 5.82 Å². The summed E-state index contributed by atoms with van der Waals surface area (Å²) in [6.07, 6.45) is 11.3. The maximum absolute atomic E-state index is 15.1. The van der Waals surface area contributed by atoms with E-state index in [1.54, 1.807) is 18.2 Å². The molecule has 0 radical (unpaired) electrons. The Bertz CT molecular complexity index is 1500. The van der Waals surface area contributed by atoms with Crippen LogP contribution < -0.4 is 0 Å².